The Morgan fingerprint density at radius 2 is 2.00 bits per heavy atom. The molecular weight excluding hydrogens is 206 g/mol. The van der Waals surface area contributed by atoms with E-state index in [-0.39, 0.29) is 23.5 Å². The van der Waals surface area contributed by atoms with Crippen LogP contribution in [0.5, 0.6) is 0 Å². The smallest absolute Gasteiger partial charge is 0.232 e. The van der Waals surface area contributed by atoms with E-state index in [9.17, 15) is 14.4 Å². The summed E-state index contributed by atoms with van der Waals surface area (Å²) in [7, 11) is 0. The number of ketones is 1. The number of Topliss-reactive ketones (excluding diaryl/α,β-unsaturated/α-hetero) is 1. The van der Waals surface area contributed by atoms with Crippen LogP contribution in [0, 0.1) is 5.92 Å². The van der Waals surface area contributed by atoms with Gasteiger partial charge in [0.15, 0.2) is 0 Å². The zero-order valence-electron chi connectivity index (χ0n) is 9.99. The van der Waals surface area contributed by atoms with Crippen LogP contribution in [0.25, 0.3) is 0 Å². The molecule has 0 spiro atoms. The van der Waals surface area contributed by atoms with Gasteiger partial charge in [-0.15, -0.1) is 0 Å². The molecule has 0 radical (unpaired) electrons. The molecule has 0 bridgehead atoms. The molecule has 1 heterocycles. The zero-order chi connectivity index (χ0) is 12.1. The summed E-state index contributed by atoms with van der Waals surface area (Å²) in [6, 6.07) is 0. The van der Waals surface area contributed by atoms with Gasteiger partial charge in [-0.1, -0.05) is 13.3 Å². The normalized spacial score (nSPS) is 20.6. The molecule has 4 heteroatoms. The Labute approximate surface area is 96.0 Å². The average molecular weight is 225 g/mol. The van der Waals surface area contributed by atoms with Gasteiger partial charge in [-0.3, -0.25) is 14.5 Å². The van der Waals surface area contributed by atoms with Crippen molar-refractivity contribution in [3.8, 4) is 0 Å². The molecule has 1 aliphatic heterocycles. The standard InChI is InChI=1S/C12H19NO3/c1-9-8-11(15)13(12(9)16)7-5-3-4-6-10(2)14/h9H,3-8H2,1-2H3. The van der Waals surface area contributed by atoms with E-state index in [1.165, 1.54) is 4.90 Å². The molecule has 1 unspecified atom stereocenters. The Hall–Kier alpha value is -1.19. The van der Waals surface area contributed by atoms with Gasteiger partial charge in [0.2, 0.25) is 11.8 Å². The molecular formula is C12H19NO3. The number of hydrogen-bond acceptors (Lipinski definition) is 3. The van der Waals surface area contributed by atoms with Crippen molar-refractivity contribution < 1.29 is 14.4 Å². The van der Waals surface area contributed by atoms with Crippen LogP contribution in [-0.2, 0) is 14.4 Å². The largest absolute Gasteiger partial charge is 0.300 e. The topological polar surface area (TPSA) is 54.5 Å². The van der Waals surface area contributed by atoms with Crippen molar-refractivity contribution >= 4 is 17.6 Å². The molecule has 0 aromatic rings. The summed E-state index contributed by atoms with van der Waals surface area (Å²) < 4.78 is 0. The lowest BCUT2D eigenvalue weighted by Crippen LogP contribution is -2.31. The van der Waals surface area contributed by atoms with E-state index in [0.717, 1.165) is 19.3 Å². The van der Waals surface area contributed by atoms with Crippen LogP contribution < -0.4 is 0 Å². The van der Waals surface area contributed by atoms with Crippen LogP contribution >= 0.6 is 0 Å². The van der Waals surface area contributed by atoms with Gasteiger partial charge in [-0.2, -0.15) is 0 Å². The summed E-state index contributed by atoms with van der Waals surface area (Å²) in [4.78, 5) is 35.0. The quantitative estimate of drug-likeness (QED) is 0.509. The van der Waals surface area contributed by atoms with Crippen LogP contribution in [0.3, 0.4) is 0 Å². The number of carbonyl (C=O) groups excluding carboxylic acids is 3. The molecule has 4 nitrogen and oxygen atoms in total. The van der Waals surface area contributed by atoms with Crippen molar-refractivity contribution in [2.45, 2.75) is 46.0 Å². The number of unbranched alkanes of at least 4 members (excludes halogenated alkanes) is 2. The summed E-state index contributed by atoms with van der Waals surface area (Å²) in [6.07, 6.45) is 3.49. The SMILES string of the molecule is CC(=O)CCCCCN1C(=O)CC(C)C1=O. The van der Waals surface area contributed by atoms with E-state index >= 15 is 0 Å². The molecule has 0 aliphatic carbocycles. The third-order valence-electron chi connectivity index (χ3n) is 2.88. The minimum atomic E-state index is -0.148. The van der Waals surface area contributed by atoms with Gasteiger partial charge in [0.05, 0.1) is 0 Å². The molecule has 1 saturated heterocycles. The highest BCUT2D eigenvalue weighted by atomic mass is 16.2. The lowest BCUT2D eigenvalue weighted by atomic mass is 10.1. The van der Waals surface area contributed by atoms with Crippen LogP contribution in [0.2, 0.25) is 0 Å². The highest BCUT2D eigenvalue weighted by molar-refractivity contribution is 6.03. The minimum Gasteiger partial charge on any atom is -0.300 e. The van der Waals surface area contributed by atoms with Gasteiger partial charge in [0, 0.05) is 25.3 Å². The second-order valence-corrected chi connectivity index (χ2v) is 4.50. The van der Waals surface area contributed by atoms with Crippen LogP contribution in [0.15, 0.2) is 0 Å². The number of carbonyl (C=O) groups is 3. The Kier molecular flexibility index (Phi) is 4.65. The number of rotatable bonds is 6. The number of likely N-dealkylation sites (tertiary alicyclic amines) is 1. The Bertz CT molecular complexity index is 299. The van der Waals surface area contributed by atoms with Gasteiger partial charge in [0.1, 0.15) is 5.78 Å². The Morgan fingerprint density at radius 1 is 1.31 bits per heavy atom. The van der Waals surface area contributed by atoms with Crippen molar-refractivity contribution in [2.24, 2.45) is 5.92 Å². The minimum absolute atomic E-state index is 0.0448. The maximum absolute atomic E-state index is 11.5. The van der Waals surface area contributed by atoms with Crippen LogP contribution in [0.1, 0.15) is 46.0 Å². The molecule has 1 fully saturated rings. The van der Waals surface area contributed by atoms with Gasteiger partial charge in [0.25, 0.3) is 0 Å². The number of imide groups is 1. The van der Waals surface area contributed by atoms with Crippen molar-refractivity contribution in [2.75, 3.05) is 6.54 Å². The highest BCUT2D eigenvalue weighted by Gasteiger charge is 2.34. The third-order valence-corrected chi connectivity index (χ3v) is 2.88. The van der Waals surface area contributed by atoms with Gasteiger partial charge >= 0.3 is 0 Å². The molecule has 1 aliphatic rings. The summed E-state index contributed by atoms with van der Waals surface area (Å²) in [5.41, 5.74) is 0. The van der Waals surface area contributed by atoms with E-state index in [4.69, 9.17) is 0 Å². The van der Waals surface area contributed by atoms with Crippen molar-refractivity contribution in [1.82, 2.24) is 4.90 Å². The molecule has 16 heavy (non-hydrogen) atoms. The molecule has 0 aromatic carbocycles. The van der Waals surface area contributed by atoms with Gasteiger partial charge in [-0.05, 0) is 19.8 Å². The van der Waals surface area contributed by atoms with Crippen molar-refractivity contribution in [3.05, 3.63) is 0 Å². The summed E-state index contributed by atoms with van der Waals surface area (Å²) in [6.45, 7) is 3.88. The number of amides is 2. The third kappa shape index (κ3) is 3.43. The predicted molar refractivity (Wildman–Crippen MR) is 59.7 cm³/mol. The summed E-state index contributed by atoms with van der Waals surface area (Å²) in [5.74, 6) is -0.0488. The first-order valence-corrected chi connectivity index (χ1v) is 5.86. The highest BCUT2D eigenvalue weighted by Crippen LogP contribution is 2.19. The molecule has 90 valence electrons. The lowest BCUT2D eigenvalue weighted by Gasteiger charge is -2.13. The molecule has 0 aromatic heterocycles. The molecule has 1 atom stereocenters. The molecule has 1 rings (SSSR count). The monoisotopic (exact) mass is 225 g/mol. The van der Waals surface area contributed by atoms with E-state index in [1.807, 2.05) is 0 Å². The van der Waals surface area contributed by atoms with E-state index in [1.54, 1.807) is 13.8 Å². The van der Waals surface area contributed by atoms with Crippen LogP contribution in [0.4, 0.5) is 0 Å². The van der Waals surface area contributed by atoms with E-state index in [0.29, 0.717) is 19.4 Å². The second kappa shape index (κ2) is 5.77. The fourth-order valence-electron chi connectivity index (χ4n) is 1.90. The van der Waals surface area contributed by atoms with E-state index in [2.05, 4.69) is 0 Å². The molecule has 0 N–H and O–H groups in total. The number of hydrogen-bond donors (Lipinski definition) is 0. The van der Waals surface area contributed by atoms with E-state index < -0.39 is 0 Å². The maximum Gasteiger partial charge on any atom is 0.232 e. The second-order valence-electron chi connectivity index (χ2n) is 4.50. The van der Waals surface area contributed by atoms with Crippen LogP contribution in [-0.4, -0.2) is 29.0 Å². The zero-order valence-corrected chi connectivity index (χ0v) is 9.99. The van der Waals surface area contributed by atoms with Gasteiger partial charge < -0.3 is 4.79 Å². The summed E-state index contributed by atoms with van der Waals surface area (Å²) in [5, 5.41) is 0. The lowest BCUT2D eigenvalue weighted by molar-refractivity contribution is -0.139. The van der Waals surface area contributed by atoms with Crippen molar-refractivity contribution in [3.63, 3.8) is 0 Å². The average Bonchev–Trinajstić information content (AvgIpc) is 2.43. The fourth-order valence-corrected chi connectivity index (χ4v) is 1.90. The first-order chi connectivity index (χ1) is 7.52. The first kappa shape index (κ1) is 12.9. The Morgan fingerprint density at radius 3 is 2.50 bits per heavy atom. The summed E-state index contributed by atoms with van der Waals surface area (Å²) >= 11 is 0. The van der Waals surface area contributed by atoms with Crippen molar-refractivity contribution in [1.29, 1.82) is 0 Å². The van der Waals surface area contributed by atoms with Gasteiger partial charge in [-0.25, -0.2) is 0 Å². The maximum atomic E-state index is 11.5. The predicted octanol–water partition coefficient (Wildman–Crippen LogP) is 1.53. The molecule has 2 amide bonds. The molecule has 0 saturated carbocycles. The first-order valence-electron chi connectivity index (χ1n) is 5.86. The fraction of sp³-hybridized carbons (Fsp3) is 0.750. The Balaban J connectivity index is 2.20. The number of nitrogens with zero attached hydrogens (tertiary/aromatic N) is 1.